The zero-order chi connectivity index (χ0) is 28.4. The molecule has 0 bridgehead atoms. The summed E-state index contributed by atoms with van der Waals surface area (Å²) < 4.78 is 0. The highest BCUT2D eigenvalue weighted by atomic mass is 32.1. The molecule has 0 radical (unpaired) electrons. The maximum absolute atomic E-state index is 13.7. The number of hydrogen-bond acceptors (Lipinski definition) is 4. The van der Waals surface area contributed by atoms with Crippen LogP contribution in [0.1, 0.15) is 99.5 Å². The molecule has 6 unspecified atom stereocenters. The Morgan fingerprint density at radius 3 is 2.45 bits per heavy atom. The molecule has 4 saturated carbocycles. The molecule has 5 aliphatic rings. The molecule has 2 N–H and O–H groups in total. The number of rotatable bonds is 6. The van der Waals surface area contributed by atoms with Gasteiger partial charge in [0.25, 0.3) is 0 Å². The Bertz CT molecular complexity index is 1190. The van der Waals surface area contributed by atoms with E-state index in [0.29, 0.717) is 28.0 Å². The SMILES string of the molecule is CN(C)CCNC(=O)[C@]12CCCC1C1CCC3C(CCC4C(C)(C)C(c5ccc(C(=O)O)s5)=CC[C@]34C)C1CC2. The van der Waals surface area contributed by atoms with Crippen LogP contribution in [0.15, 0.2) is 18.2 Å². The van der Waals surface area contributed by atoms with Gasteiger partial charge in [0.05, 0.1) is 5.41 Å². The average Bonchev–Trinajstić information content (AvgIpc) is 3.56. The van der Waals surface area contributed by atoms with E-state index in [1.54, 1.807) is 6.07 Å². The summed E-state index contributed by atoms with van der Waals surface area (Å²) in [6, 6.07) is 3.81. The largest absolute Gasteiger partial charge is 0.477 e. The fraction of sp³-hybridized carbons (Fsp3) is 0.765. The Hall–Kier alpha value is -1.66. The van der Waals surface area contributed by atoms with Crippen LogP contribution in [0.25, 0.3) is 5.57 Å². The number of carboxylic acids is 1. The quantitative estimate of drug-likeness (QED) is 0.382. The summed E-state index contributed by atoms with van der Waals surface area (Å²) in [6.07, 6.45) is 14.7. The van der Waals surface area contributed by atoms with Crippen molar-refractivity contribution in [1.29, 1.82) is 0 Å². The molecule has 6 heteroatoms. The summed E-state index contributed by atoms with van der Waals surface area (Å²) in [5.41, 5.74) is 1.59. The van der Waals surface area contributed by atoms with Gasteiger partial charge in [-0.3, -0.25) is 4.79 Å². The molecule has 0 aliphatic heterocycles. The topological polar surface area (TPSA) is 69.6 Å². The molecular weight excluding hydrogens is 516 g/mol. The monoisotopic (exact) mass is 566 g/mol. The van der Waals surface area contributed by atoms with Crippen LogP contribution in [-0.2, 0) is 4.79 Å². The molecule has 6 rings (SSSR count). The number of aromatic carboxylic acids is 1. The van der Waals surface area contributed by atoms with Gasteiger partial charge in [0.1, 0.15) is 4.88 Å². The number of amides is 1. The minimum Gasteiger partial charge on any atom is -0.477 e. The van der Waals surface area contributed by atoms with Crippen LogP contribution in [-0.4, -0.2) is 49.1 Å². The van der Waals surface area contributed by atoms with Crippen molar-refractivity contribution in [2.45, 2.75) is 85.0 Å². The molecule has 1 amide bonds. The Labute approximate surface area is 245 Å². The third kappa shape index (κ3) is 4.33. The number of carboxylic acid groups (broad SMARTS) is 1. The van der Waals surface area contributed by atoms with Gasteiger partial charge in [0.15, 0.2) is 0 Å². The van der Waals surface area contributed by atoms with Crippen molar-refractivity contribution in [2.24, 2.45) is 51.8 Å². The minimum atomic E-state index is -0.822. The predicted molar refractivity (Wildman–Crippen MR) is 162 cm³/mol. The number of nitrogens with one attached hydrogen (secondary N) is 1. The summed E-state index contributed by atoms with van der Waals surface area (Å²) in [5.74, 6) is 3.79. The molecule has 8 atom stereocenters. The smallest absolute Gasteiger partial charge is 0.345 e. The van der Waals surface area contributed by atoms with E-state index in [4.69, 9.17) is 0 Å². The minimum absolute atomic E-state index is 0.0350. The fourth-order valence-electron chi connectivity index (χ4n) is 11.2. The van der Waals surface area contributed by atoms with Crippen molar-refractivity contribution in [3.8, 4) is 0 Å². The Morgan fingerprint density at radius 2 is 1.73 bits per heavy atom. The first kappa shape index (κ1) is 28.5. The highest BCUT2D eigenvalue weighted by Gasteiger charge is 2.62. The third-order valence-electron chi connectivity index (χ3n) is 12.8. The van der Waals surface area contributed by atoms with E-state index >= 15 is 0 Å². The van der Waals surface area contributed by atoms with Gasteiger partial charge >= 0.3 is 5.97 Å². The van der Waals surface area contributed by atoms with Gasteiger partial charge in [-0.15, -0.1) is 11.3 Å². The van der Waals surface area contributed by atoms with Gasteiger partial charge in [-0.1, -0.05) is 33.3 Å². The van der Waals surface area contributed by atoms with E-state index < -0.39 is 5.97 Å². The number of carbonyl (C=O) groups is 2. The first-order valence-corrected chi connectivity index (χ1v) is 16.8. The third-order valence-corrected chi connectivity index (χ3v) is 13.9. The zero-order valence-electron chi connectivity index (χ0n) is 25.3. The number of carbonyl (C=O) groups excluding carboxylic acids is 1. The second-order valence-corrected chi connectivity index (χ2v) is 16.2. The van der Waals surface area contributed by atoms with Crippen LogP contribution in [0, 0.1) is 51.8 Å². The fourth-order valence-corrected chi connectivity index (χ4v) is 12.3. The van der Waals surface area contributed by atoms with Crippen molar-refractivity contribution in [3.63, 3.8) is 0 Å². The van der Waals surface area contributed by atoms with Crippen molar-refractivity contribution in [1.82, 2.24) is 10.2 Å². The van der Waals surface area contributed by atoms with Crippen LogP contribution in [0.4, 0.5) is 0 Å². The molecule has 5 nitrogen and oxygen atoms in total. The standard InChI is InChI=1S/C34H50N2O3S/c1-32(2)26(27-11-12-28(40-27)30(37)38)15-17-33(3)24-10-8-23-21(22(24)9-13-29(32)33)14-18-34(16-6-7-25(23)34)31(39)35-19-20-36(4)5/h11-12,15,21-25,29H,6-10,13-14,16-20H2,1-5H3,(H,35,39)(H,37,38)/t21?,22?,23?,24?,25?,29?,33-,34+/m1/s1. The zero-order valence-corrected chi connectivity index (χ0v) is 26.1. The van der Waals surface area contributed by atoms with Crippen molar-refractivity contribution >= 4 is 28.8 Å². The molecule has 0 spiro atoms. The maximum Gasteiger partial charge on any atom is 0.345 e. The second kappa shape index (κ2) is 10.3. The van der Waals surface area contributed by atoms with E-state index in [2.05, 4.69) is 51.2 Å². The lowest BCUT2D eigenvalue weighted by Gasteiger charge is -2.64. The number of allylic oxidation sites excluding steroid dienone is 2. The molecule has 220 valence electrons. The first-order chi connectivity index (χ1) is 19.0. The summed E-state index contributed by atoms with van der Waals surface area (Å²) in [6.45, 7) is 9.11. The number of hydrogen-bond donors (Lipinski definition) is 2. The van der Waals surface area contributed by atoms with Gasteiger partial charge in [-0.25, -0.2) is 4.79 Å². The number of likely N-dealkylation sites (N-methyl/N-ethyl adjacent to an activating group) is 1. The predicted octanol–water partition coefficient (Wildman–Crippen LogP) is 7.19. The van der Waals surface area contributed by atoms with Crippen molar-refractivity contribution in [3.05, 3.63) is 28.0 Å². The molecule has 0 saturated heterocycles. The lowest BCUT2D eigenvalue weighted by Crippen LogP contribution is -2.58. The molecule has 1 heterocycles. The van der Waals surface area contributed by atoms with Gasteiger partial charge in [-0.05, 0) is 136 Å². The van der Waals surface area contributed by atoms with Crippen LogP contribution in [0.2, 0.25) is 0 Å². The van der Waals surface area contributed by atoms with Gasteiger partial charge < -0.3 is 15.3 Å². The van der Waals surface area contributed by atoms with Gasteiger partial charge in [-0.2, -0.15) is 0 Å². The summed E-state index contributed by atoms with van der Waals surface area (Å²) in [5, 5.41) is 12.9. The lowest BCUT2D eigenvalue weighted by atomic mass is 9.41. The number of fused-ring (bicyclic) bond motifs is 7. The van der Waals surface area contributed by atoms with E-state index in [1.807, 2.05) is 6.07 Å². The number of nitrogens with zero attached hydrogens (tertiary/aromatic N) is 1. The molecular formula is C34H50N2O3S. The van der Waals surface area contributed by atoms with Crippen LogP contribution >= 0.6 is 11.3 Å². The molecule has 0 aromatic carbocycles. The molecule has 1 aromatic heterocycles. The van der Waals surface area contributed by atoms with Crippen LogP contribution in [0.3, 0.4) is 0 Å². The van der Waals surface area contributed by atoms with Crippen molar-refractivity contribution < 1.29 is 14.7 Å². The normalized spacial score (nSPS) is 39.9. The van der Waals surface area contributed by atoms with E-state index in [9.17, 15) is 14.7 Å². The summed E-state index contributed by atoms with van der Waals surface area (Å²) in [7, 11) is 4.15. The Morgan fingerprint density at radius 1 is 0.975 bits per heavy atom. The van der Waals surface area contributed by atoms with Crippen LogP contribution in [0.5, 0.6) is 0 Å². The highest BCUT2D eigenvalue weighted by molar-refractivity contribution is 7.15. The first-order valence-electron chi connectivity index (χ1n) is 16.0. The molecule has 4 fully saturated rings. The molecule has 5 aliphatic carbocycles. The summed E-state index contributed by atoms with van der Waals surface area (Å²) in [4.78, 5) is 29.0. The second-order valence-electron chi connectivity index (χ2n) is 15.1. The van der Waals surface area contributed by atoms with E-state index in [0.717, 1.165) is 60.9 Å². The maximum atomic E-state index is 13.7. The average molecular weight is 567 g/mol. The molecule has 1 aromatic rings. The Kier molecular flexibility index (Phi) is 7.30. The van der Waals surface area contributed by atoms with Crippen LogP contribution < -0.4 is 5.32 Å². The van der Waals surface area contributed by atoms with Gasteiger partial charge in [0, 0.05) is 18.0 Å². The highest BCUT2D eigenvalue weighted by Crippen LogP contribution is 2.69. The lowest BCUT2D eigenvalue weighted by molar-refractivity contribution is -0.151. The van der Waals surface area contributed by atoms with E-state index in [-0.39, 0.29) is 10.8 Å². The van der Waals surface area contributed by atoms with Gasteiger partial charge in [0.2, 0.25) is 5.91 Å². The van der Waals surface area contributed by atoms with E-state index in [1.165, 1.54) is 61.9 Å². The summed E-state index contributed by atoms with van der Waals surface area (Å²) >= 11 is 1.44. The number of thiophene rings is 1. The molecule has 40 heavy (non-hydrogen) atoms. The Balaban J connectivity index is 1.22. The van der Waals surface area contributed by atoms with Crippen molar-refractivity contribution in [2.75, 3.05) is 27.2 Å².